The Bertz CT molecular complexity index is 1440. The molecule has 176 valence electrons. The molecule has 4 aromatic rings. The molecule has 1 aliphatic rings. The van der Waals surface area contributed by atoms with Crippen LogP contribution in [0.15, 0.2) is 72.1 Å². The van der Waals surface area contributed by atoms with E-state index >= 15 is 0 Å². The van der Waals surface area contributed by atoms with Gasteiger partial charge < -0.3 is 5.32 Å². The molecule has 3 aromatic carbocycles. The molecule has 0 spiro atoms. The van der Waals surface area contributed by atoms with Crippen LogP contribution in [0, 0.1) is 17.5 Å². The monoisotopic (exact) mass is 494 g/mol. The lowest BCUT2D eigenvalue weighted by Gasteiger charge is -2.37. The number of aromatic nitrogens is 1. The van der Waals surface area contributed by atoms with E-state index in [0.717, 1.165) is 28.4 Å². The van der Waals surface area contributed by atoms with E-state index in [0.29, 0.717) is 28.7 Å². The summed E-state index contributed by atoms with van der Waals surface area (Å²) in [6.07, 6.45) is -0.792. The third kappa shape index (κ3) is 4.12. The zero-order valence-corrected chi connectivity index (χ0v) is 19.0. The second kappa shape index (κ2) is 8.88. The Kier molecular flexibility index (Phi) is 5.73. The van der Waals surface area contributed by atoms with Crippen LogP contribution in [-0.4, -0.2) is 16.8 Å². The molecule has 0 saturated heterocycles. The Labute approximate surface area is 202 Å². The van der Waals surface area contributed by atoms with Crippen molar-refractivity contribution in [2.45, 2.75) is 13.1 Å². The molecule has 0 aliphatic carbocycles. The highest BCUT2D eigenvalue weighted by Gasteiger charge is 2.36. The highest BCUT2D eigenvalue weighted by Crippen LogP contribution is 2.39. The Balaban J connectivity index is 1.59. The smallest absolute Gasteiger partial charge is 0.262 e. The molecule has 1 aliphatic heterocycles. The summed E-state index contributed by atoms with van der Waals surface area (Å²) in [6.45, 7) is 1.24. The third-order valence-electron chi connectivity index (χ3n) is 5.48. The first-order chi connectivity index (χ1) is 16.8. The summed E-state index contributed by atoms with van der Waals surface area (Å²) in [5.74, 6) is -2.97. The summed E-state index contributed by atoms with van der Waals surface area (Å²) < 4.78 is 41.5. The summed E-state index contributed by atoms with van der Waals surface area (Å²) in [6, 6.07) is 15.3. The molecule has 1 atom stereocenters. The second-order valence-electron chi connectivity index (χ2n) is 7.75. The van der Waals surface area contributed by atoms with Crippen LogP contribution in [0.1, 0.15) is 29.1 Å². The van der Waals surface area contributed by atoms with Crippen molar-refractivity contribution >= 4 is 45.3 Å². The normalized spacial score (nSPS) is 14.9. The molecule has 2 heterocycles. The van der Waals surface area contributed by atoms with Crippen molar-refractivity contribution in [1.29, 1.82) is 0 Å². The quantitative estimate of drug-likeness (QED) is 0.377. The predicted molar refractivity (Wildman–Crippen MR) is 127 cm³/mol. The van der Waals surface area contributed by atoms with Crippen LogP contribution >= 0.6 is 11.3 Å². The SMILES string of the molecule is CC(=O)N(c1nc([C@@H]2Nc3ccccc3C(=O)N2c2ccc(F)cc2)cs1)c1ccc(F)cc1F. The molecule has 2 amide bonds. The summed E-state index contributed by atoms with van der Waals surface area (Å²) in [5.41, 5.74) is 1.69. The van der Waals surface area contributed by atoms with Gasteiger partial charge in [-0.25, -0.2) is 18.2 Å². The first kappa shape index (κ1) is 22.6. The van der Waals surface area contributed by atoms with Crippen LogP contribution in [0.25, 0.3) is 0 Å². The fraction of sp³-hybridized carbons (Fsp3) is 0.0800. The number of hydrogen-bond acceptors (Lipinski definition) is 5. The third-order valence-corrected chi connectivity index (χ3v) is 6.32. The molecule has 0 unspecified atom stereocenters. The molecule has 0 bridgehead atoms. The van der Waals surface area contributed by atoms with Gasteiger partial charge >= 0.3 is 0 Å². The first-order valence-corrected chi connectivity index (χ1v) is 11.4. The number of hydrogen-bond donors (Lipinski definition) is 1. The van der Waals surface area contributed by atoms with E-state index in [-0.39, 0.29) is 16.7 Å². The lowest BCUT2D eigenvalue weighted by Crippen LogP contribution is -2.43. The van der Waals surface area contributed by atoms with Crippen LogP contribution in [0.4, 0.5) is 35.4 Å². The molecule has 35 heavy (non-hydrogen) atoms. The number of para-hydroxylation sites is 1. The average molecular weight is 494 g/mol. The van der Waals surface area contributed by atoms with Gasteiger partial charge in [0.1, 0.15) is 17.5 Å². The van der Waals surface area contributed by atoms with Crippen molar-refractivity contribution in [1.82, 2.24) is 4.98 Å². The molecule has 6 nitrogen and oxygen atoms in total. The minimum absolute atomic E-state index is 0.144. The number of thiazole rings is 1. The average Bonchev–Trinajstić information content (AvgIpc) is 3.31. The Morgan fingerprint density at radius 3 is 2.46 bits per heavy atom. The zero-order valence-electron chi connectivity index (χ0n) is 18.2. The summed E-state index contributed by atoms with van der Waals surface area (Å²) >= 11 is 1.07. The molecule has 1 N–H and O–H groups in total. The molecule has 1 aromatic heterocycles. The largest absolute Gasteiger partial charge is 0.359 e. The van der Waals surface area contributed by atoms with Crippen LogP contribution in [0.3, 0.4) is 0 Å². The predicted octanol–water partition coefficient (Wildman–Crippen LogP) is 6.02. The topological polar surface area (TPSA) is 65.5 Å². The van der Waals surface area contributed by atoms with Gasteiger partial charge in [0.15, 0.2) is 11.3 Å². The molecule has 0 fully saturated rings. The van der Waals surface area contributed by atoms with Gasteiger partial charge in [0.05, 0.1) is 16.9 Å². The number of amides is 2. The zero-order chi connectivity index (χ0) is 24.7. The number of halogens is 3. The van der Waals surface area contributed by atoms with Gasteiger partial charge in [-0.3, -0.25) is 19.4 Å². The maximum atomic E-state index is 14.5. The van der Waals surface area contributed by atoms with E-state index in [1.807, 2.05) is 0 Å². The van der Waals surface area contributed by atoms with E-state index in [9.17, 15) is 22.8 Å². The Morgan fingerprint density at radius 1 is 1.03 bits per heavy atom. The van der Waals surface area contributed by atoms with Crippen molar-refractivity contribution in [3.63, 3.8) is 0 Å². The van der Waals surface area contributed by atoms with Crippen LogP contribution in [0.2, 0.25) is 0 Å². The van der Waals surface area contributed by atoms with E-state index in [2.05, 4.69) is 10.3 Å². The number of carbonyl (C=O) groups is 2. The maximum absolute atomic E-state index is 14.5. The molecular weight excluding hydrogens is 477 g/mol. The number of carbonyl (C=O) groups excluding carboxylic acids is 2. The van der Waals surface area contributed by atoms with Gasteiger partial charge in [-0.2, -0.15) is 0 Å². The van der Waals surface area contributed by atoms with E-state index in [1.165, 1.54) is 36.1 Å². The number of rotatable bonds is 4. The van der Waals surface area contributed by atoms with Crippen molar-refractivity contribution in [2.24, 2.45) is 0 Å². The standard InChI is InChI=1S/C25H17F3N4O2S/c1-14(33)31(22-11-8-16(27)12-19(22)28)25-30-21(13-35-25)23-29-20-5-3-2-4-18(20)24(34)32(23)17-9-6-15(26)7-10-17/h2-13,23,29H,1H3/t23-/m1/s1. The molecule has 0 radical (unpaired) electrons. The number of fused-ring (bicyclic) bond motifs is 1. The molecule has 0 saturated carbocycles. The van der Waals surface area contributed by atoms with Gasteiger partial charge in [0.25, 0.3) is 5.91 Å². The summed E-state index contributed by atoms with van der Waals surface area (Å²) in [4.78, 5) is 32.9. The summed E-state index contributed by atoms with van der Waals surface area (Å²) in [7, 11) is 0. The van der Waals surface area contributed by atoms with Gasteiger partial charge in [-0.05, 0) is 48.5 Å². The van der Waals surface area contributed by atoms with Gasteiger partial charge in [-0.15, -0.1) is 11.3 Å². The summed E-state index contributed by atoms with van der Waals surface area (Å²) in [5, 5.41) is 5.06. The van der Waals surface area contributed by atoms with Crippen molar-refractivity contribution < 1.29 is 22.8 Å². The highest BCUT2D eigenvalue weighted by atomic mass is 32.1. The van der Waals surface area contributed by atoms with Gasteiger partial charge in [-0.1, -0.05) is 12.1 Å². The van der Waals surface area contributed by atoms with E-state index in [1.54, 1.807) is 29.6 Å². The number of benzene rings is 3. The number of anilines is 4. The number of nitrogens with zero attached hydrogens (tertiary/aromatic N) is 3. The van der Waals surface area contributed by atoms with Crippen molar-refractivity contribution in [3.8, 4) is 0 Å². The minimum Gasteiger partial charge on any atom is -0.359 e. The highest BCUT2D eigenvalue weighted by molar-refractivity contribution is 7.14. The molecule has 5 rings (SSSR count). The molecular formula is C25H17F3N4O2S. The fourth-order valence-electron chi connectivity index (χ4n) is 3.90. The van der Waals surface area contributed by atoms with Crippen LogP contribution in [-0.2, 0) is 4.79 Å². The van der Waals surface area contributed by atoms with Crippen molar-refractivity contribution in [2.75, 3.05) is 15.1 Å². The number of nitrogens with one attached hydrogen (secondary N) is 1. The lowest BCUT2D eigenvalue weighted by atomic mass is 10.1. The minimum atomic E-state index is -0.912. The van der Waals surface area contributed by atoms with Crippen LogP contribution in [0.5, 0.6) is 0 Å². The first-order valence-electron chi connectivity index (χ1n) is 10.5. The fourth-order valence-corrected chi connectivity index (χ4v) is 4.80. The maximum Gasteiger partial charge on any atom is 0.262 e. The van der Waals surface area contributed by atoms with Gasteiger partial charge in [0, 0.05) is 29.7 Å². The van der Waals surface area contributed by atoms with Crippen LogP contribution < -0.4 is 15.1 Å². The molecule has 10 heteroatoms. The van der Waals surface area contributed by atoms with Gasteiger partial charge in [0.2, 0.25) is 5.91 Å². The Morgan fingerprint density at radius 2 is 1.74 bits per heavy atom. The lowest BCUT2D eigenvalue weighted by molar-refractivity contribution is -0.115. The van der Waals surface area contributed by atoms with E-state index < -0.39 is 29.5 Å². The Hall–Kier alpha value is -4.18. The second-order valence-corrected chi connectivity index (χ2v) is 8.59. The van der Waals surface area contributed by atoms with E-state index in [4.69, 9.17) is 0 Å². The van der Waals surface area contributed by atoms with Crippen molar-refractivity contribution in [3.05, 3.63) is 101 Å².